The molecule has 2 aromatic carbocycles. The third kappa shape index (κ3) is 4.03. The van der Waals surface area contributed by atoms with E-state index in [9.17, 15) is 4.79 Å². The smallest absolute Gasteiger partial charge is 0.308 e. The van der Waals surface area contributed by atoms with Gasteiger partial charge in [0.05, 0.1) is 20.8 Å². The fourth-order valence-corrected chi connectivity index (χ4v) is 2.46. The molecule has 2 aromatic rings. The van der Waals surface area contributed by atoms with E-state index in [4.69, 9.17) is 34.8 Å². The number of urea groups is 1. The zero-order chi connectivity index (χ0) is 14.7. The van der Waals surface area contributed by atoms with Crippen LogP contribution in [0.5, 0.6) is 0 Å². The highest BCUT2D eigenvalue weighted by Gasteiger charge is 2.09. The molecule has 2 N–H and O–H groups in total. The first-order chi connectivity index (χ1) is 9.45. The third-order valence-corrected chi connectivity index (χ3v) is 3.87. The Balaban J connectivity index is 2.10. The number of benzene rings is 2. The summed E-state index contributed by atoms with van der Waals surface area (Å²) < 4.78 is 0.864. The maximum absolute atomic E-state index is 11.9. The minimum Gasteiger partial charge on any atom is -0.308 e. The molecule has 0 heterocycles. The molecule has 0 fully saturated rings. The lowest BCUT2D eigenvalue weighted by molar-refractivity contribution is 0.262. The molecule has 20 heavy (non-hydrogen) atoms. The molecule has 7 heteroatoms. The van der Waals surface area contributed by atoms with Crippen molar-refractivity contribution in [1.29, 1.82) is 0 Å². The maximum atomic E-state index is 11.9. The number of amides is 2. The highest BCUT2D eigenvalue weighted by molar-refractivity contribution is 9.10. The van der Waals surface area contributed by atoms with E-state index in [1.807, 2.05) is 12.1 Å². The van der Waals surface area contributed by atoms with Crippen LogP contribution >= 0.6 is 50.7 Å². The summed E-state index contributed by atoms with van der Waals surface area (Å²) in [5, 5.41) is 6.23. The first kappa shape index (κ1) is 15.4. The Bertz CT molecular complexity index is 664. The van der Waals surface area contributed by atoms with Crippen molar-refractivity contribution < 1.29 is 4.79 Å². The fourth-order valence-electron chi connectivity index (χ4n) is 1.47. The Kier molecular flexibility index (Phi) is 5.16. The SMILES string of the molecule is O=C(Nc1cccc(Br)c1)Nc1cc(Cl)c(Cl)cc1Cl. The predicted octanol–water partition coefficient (Wildman–Crippen LogP) is 6.05. The van der Waals surface area contributed by atoms with Gasteiger partial charge in [-0.15, -0.1) is 0 Å². The van der Waals surface area contributed by atoms with E-state index >= 15 is 0 Å². The van der Waals surface area contributed by atoms with E-state index in [-0.39, 0.29) is 0 Å². The van der Waals surface area contributed by atoms with Gasteiger partial charge in [0, 0.05) is 10.2 Å². The largest absolute Gasteiger partial charge is 0.323 e. The monoisotopic (exact) mass is 392 g/mol. The summed E-state index contributed by atoms with van der Waals surface area (Å²) in [6.07, 6.45) is 0. The second kappa shape index (κ2) is 6.68. The van der Waals surface area contributed by atoms with Gasteiger partial charge in [-0.1, -0.05) is 56.8 Å². The number of halogens is 4. The van der Waals surface area contributed by atoms with Crippen LogP contribution in [0.4, 0.5) is 16.2 Å². The molecule has 0 aliphatic carbocycles. The van der Waals surface area contributed by atoms with E-state index in [1.165, 1.54) is 12.1 Å². The summed E-state index contributed by atoms with van der Waals surface area (Å²) in [4.78, 5) is 11.9. The fraction of sp³-hybridized carbons (Fsp3) is 0. The van der Waals surface area contributed by atoms with Gasteiger partial charge in [-0.2, -0.15) is 0 Å². The number of hydrogen-bond acceptors (Lipinski definition) is 1. The van der Waals surface area contributed by atoms with Crippen LogP contribution in [0.15, 0.2) is 40.9 Å². The van der Waals surface area contributed by atoms with Crippen LogP contribution < -0.4 is 10.6 Å². The number of anilines is 2. The van der Waals surface area contributed by atoms with Crippen LogP contribution in [0.3, 0.4) is 0 Å². The molecule has 104 valence electrons. The van der Waals surface area contributed by atoms with Crippen molar-refractivity contribution in [3.05, 3.63) is 55.9 Å². The summed E-state index contributed by atoms with van der Waals surface area (Å²) in [7, 11) is 0. The van der Waals surface area contributed by atoms with E-state index in [1.54, 1.807) is 12.1 Å². The van der Waals surface area contributed by atoms with E-state index in [0.29, 0.717) is 26.4 Å². The quantitative estimate of drug-likeness (QED) is 0.598. The van der Waals surface area contributed by atoms with Crippen LogP contribution in [-0.2, 0) is 0 Å². The molecule has 2 rings (SSSR count). The van der Waals surface area contributed by atoms with Gasteiger partial charge in [0.25, 0.3) is 0 Å². The summed E-state index contributed by atoms with van der Waals surface area (Å²) in [5.74, 6) is 0. The number of hydrogen-bond donors (Lipinski definition) is 2. The van der Waals surface area contributed by atoms with Crippen molar-refractivity contribution >= 4 is 68.1 Å². The van der Waals surface area contributed by atoms with E-state index < -0.39 is 6.03 Å². The molecule has 3 nitrogen and oxygen atoms in total. The normalized spacial score (nSPS) is 10.2. The number of rotatable bonds is 2. The Morgan fingerprint density at radius 3 is 2.35 bits per heavy atom. The van der Waals surface area contributed by atoms with Crippen molar-refractivity contribution in [2.75, 3.05) is 10.6 Å². The lowest BCUT2D eigenvalue weighted by Crippen LogP contribution is -2.19. The molecule has 0 atom stereocenters. The minimum absolute atomic E-state index is 0.309. The van der Waals surface area contributed by atoms with Gasteiger partial charge in [0.15, 0.2) is 0 Å². The zero-order valence-electron chi connectivity index (χ0n) is 9.88. The molecule has 0 unspecified atom stereocenters. The lowest BCUT2D eigenvalue weighted by Gasteiger charge is -2.10. The molecule has 0 bridgehead atoms. The molecule has 2 amide bonds. The molecule has 0 aromatic heterocycles. The van der Waals surface area contributed by atoms with Crippen molar-refractivity contribution in [2.45, 2.75) is 0 Å². The number of carbonyl (C=O) groups excluding carboxylic acids is 1. The molecule has 0 aliphatic rings. The lowest BCUT2D eigenvalue weighted by atomic mass is 10.3. The van der Waals surface area contributed by atoms with Crippen molar-refractivity contribution in [3.8, 4) is 0 Å². The summed E-state index contributed by atoms with van der Waals surface area (Å²) in [6.45, 7) is 0. The second-order valence-corrected chi connectivity index (χ2v) is 5.97. The number of carbonyl (C=O) groups is 1. The summed E-state index contributed by atoms with van der Waals surface area (Å²) in [6, 6.07) is 9.75. The van der Waals surface area contributed by atoms with Gasteiger partial charge < -0.3 is 10.6 Å². The van der Waals surface area contributed by atoms with Crippen LogP contribution in [0.2, 0.25) is 15.1 Å². The second-order valence-electron chi connectivity index (χ2n) is 3.84. The predicted molar refractivity (Wildman–Crippen MR) is 88.3 cm³/mol. The van der Waals surface area contributed by atoms with E-state index in [0.717, 1.165) is 4.47 Å². The number of nitrogens with one attached hydrogen (secondary N) is 2. The van der Waals surface area contributed by atoms with Gasteiger partial charge in [-0.3, -0.25) is 0 Å². The van der Waals surface area contributed by atoms with Crippen LogP contribution in [-0.4, -0.2) is 6.03 Å². The molecule has 0 radical (unpaired) electrons. The molecule has 0 spiro atoms. The molecular formula is C13H8BrCl3N2O. The van der Waals surface area contributed by atoms with Crippen LogP contribution in [0, 0.1) is 0 Å². The summed E-state index contributed by atoms with van der Waals surface area (Å²) in [5.41, 5.74) is 1.03. The Morgan fingerprint density at radius 2 is 1.65 bits per heavy atom. The highest BCUT2D eigenvalue weighted by Crippen LogP contribution is 2.32. The average Bonchev–Trinajstić information content (AvgIpc) is 2.36. The molecule has 0 saturated heterocycles. The van der Waals surface area contributed by atoms with Crippen LogP contribution in [0.25, 0.3) is 0 Å². The first-order valence-corrected chi connectivity index (χ1v) is 7.36. The Hall–Kier alpha value is -0.940. The molecule has 0 saturated carbocycles. The zero-order valence-corrected chi connectivity index (χ0v) is 13.7. The van der Waals surface area contributed by atoms with E-state index in [2.05, 4.69) is 26.6 Å². The highest BCUT2D eigenvalue weighted by atomic mass is 79.9. The first-order valence-electron chi connectivity index (χ1n) is 5.44. The average molecular weight is 394 g/mol. The van der Waals surface area contributed by atoms with Gasteiger partial charge in [-0.05, 0) is 30.3 Å². The molecule has 0 aliphatic heterocycles. The minimum atomic E-state index is -0.427. The third-order valence-electron chi connectivity index (χ3n) is 2.34. The van der Waals surface area contributed by atoms with Gasteiger partial charge in [-0.25, -0.2) is 4.79 Å². The van der Waals surface area contributed by atoms with Crippen molar-refractivity contribution in [1.82, 2.24) is 0 Å². The standard InChI is InChI=1S/C13H8BrCl3N2O/c14-7-2-1-3-8(4-7)18-13(20)19-12-6-10(16)9(15)5-11(12)17/h1-6H,(H2,18,19,20). The Morgan fingerprint density at radius 1 is 0.950 bits per heavy atom. The summed E-state index contributed by atoms with van der Waals surface area (Å²) >= 11 is 21.0. The topological polar surface area (TPSA) is 41.1 Å². The van der Waals surface area contributed by atoms with Gasteiger partial charge in [0.1, 0.15) is 0 Å². The van der Waals surface area contributed by atoms with Crippen molar-refractivity contribution in [3.63, 3.8) is 0 Å². The van der Waals surface area contributed by atoms with Crippen molar-refractivity contribution in [2.24, 2.45) is 0 Å². The Labute approximate surface area is 139 Å². The van der Waals surface area contributed by atoms with Crippen LogP contribution in [0.1, 0.15) is 0 Å². The van der Waals surface area contributed by atoms with Gasteiger partial charge >= 0.3 is 6.03 Å². The molecular weight excluding hydrogens is 386 g/mol. The van der Waals surface area contributed by atoms with Gasteiger partial charge in [0.2, 0.25) is 0 Å². The maximum Gasteiger partial charge on any atom is 0.323 e.